The molecule has 1 saturated carbocycles. The lowest BCUT2D eigenvalue weighted by Crippen LogP contribution is -2.37. The number of ether oxygens (including phenoxy) is 2. The van der Waals surface area contributed by atoms with Crippen LogP contribution in [0.4, 0.5) is 0 Å². The topological polar surface area (TPSA) is 18.5 Å². The smallest absolute Gasteiger partial charge is 0.0839 e. The molecular weight excluding hydrogens is 208 g/mol. The Hall–Kier alpha value is 0.270. The first kappa shape index (κ1) is 13.3. The van der Waals surface area contributed by atoms with Gasteiger partial charge in [-0.25, -0.2) is 0 Å². The van der Waals surface area contributed by atoms with Crippen molar-refractivity contribution in [1.82, 2.24) is 0 Å². The predicted octanol–water partition coefficient (Wildman–Crippen LogP) is 2.73. The molecule has 0 aromatic carbocycles. The number of hydrogen-bond acceptors (Lipinski definition) is 2. The molecule has 2 aliphatic rings. The molecule has 1 aliphatic heterocycles. The number of rotatable bonds is 1. The lowest BCUT2D eigenvalue weighted by molar-refractivity contribution is -0.0750. The molecule has 2 nitrogen and oxygen atoms in total. The zero-order valence-corrected chi connectivity index (χ0v) is 10.9. The van der Waals surface area contributed by atoms with Gasteiger partial charge in [0.15, 0.2) is 0 Å². The molecule has 2 rings (SSSR count). The van der Waals surface area contributed by atoms with Gasteiger partial charge in [-0.1, -0.05) is 13.8 Å². The van der Waals surface area contributed by atoms with Crippen LogP contribution < -0.4 is 0 Å². The molecule has 3 heteroatoms. The van der Waals surface area contributed by atoms with E-state index in [2.05, 4.69) is 13.8 Å². The van der Waals surface area contributed by atoms with Crippen molar-refractivity contribution in [2.45, 2.75) is 51.7 Å². The molecule has 2 fully saturated rings. The largest absolute Gasteiger partial charge is 0.375 e. The van der Waals surface area contributed by atoms with Crippen LogP contribution in [0.3, 0.4) is 0 Å². The van der Waals surface area contributed by atoms with E-state index in [0.29, 0.717) is 12.2 Å². The Labute approximate surface area is 100 Å². The van der Waals surface area contributed by atoms with E-state index in [-0.39, 0.29) is 13.5 Å². The summed E-state index contributed by atoms with van der Waals surface area (Å²) in [6.07, 6.45) is 5.59. The maximum absolute atomic E-state index is 5.86. The Morgan fingerprint density at radius 3 is 2.33 bits per heavy atom. The third kappa shape index (κ3) is 3.36. The van der Waals surface area contributed by atoms with E-state index in [1.54, 1.807) is 0 Å². The fraction of sp³-hybridized carbons (Fsp3) is 1.00. The van der Waals surface area contributed by atoms with E-state index >= 15 is 0 Å². The van der Waals surface area contributed by atoms with Gasteiger partial charge in [0.2, 0.25) is 0 Å². The monoisotopic (exact) mass is 232 g/mol. The summed E-state index contributed by atoms with van der Waals surface area (Å²) in [7, 11) is 0. The molecule has 0 N–H and O–H groups in total. The molecule has 3 atom stereocenters. The van der Waals surface area contributed by atoms with Gasteiger partial charge in [-0.2, -0.15) is 13.5 Å². The van der Waals surface area contributed by atoms with Crippen molar-refractivity contribution in [2.24, 2.45) is 11.8 Å². The first-order chi connectivity index (χ1) is 6.77. The molecule has 0 radical (unpaired) electrons. The minimum absolute atomic E-state index is 0. The van der Waals surface area contributed by atoms with Gasteiger partial charge in [-0.3, -0.25) is 0 Å². The molecule has 0 amide bonds. The first-order valence-corrected chi connectivity index (χ1v) is 6.00. The zero-order chi connectivity index (χ0) is 9.97. The van der Waals surface area contributed by atoms with E-state index in [4.69, 9.17) is 9.47 Å². The van der Waals surface area contributed by atoms with Crippen molar-refractivity contribution in [1.29, 1.82) is 0 Å². The minimum atomic E-state index is 0. The summed E-state index contributed by atoms with van der Waals surface area (Å²) in [4.78, 5) is 0. The molecule has 3 unspecified atom stereocenters. The molecule has 0 spiro atoms. The number of fused-ring (bicyclic) bond motifs is 1. The summed E-state index contributed by atoms with van der Waals surface area (Å²) in [5, 5.41) is 0. The molecular formula is C12H24O2S. The van der Waals surface area contributed by atoms with Crippen LogP contribution in [0.25, 0.3) is 0 Å². The quantitative estimate of drug-likeness (QED) is 0.692. The Balaban J connectivity index is 0.00000112. The Morgan fingerprint density at radius 1 is 1.00 bits per heavy atom. The van der Waals surface area contributed by atoms with Gasteiger partial charge < -0.3 is 9.47 Å². The summed E-state index contributed by atoms with van der Waals surface area (Å²) < 4.78 is 11.7. The highest BCUT2D eigenvalue weighted by atomic mass is 32.1. The predicted molar refractivity (Wildman–Crippen MR) is 66.7 cm³/mol. The average molecular weight is 232 g/mol. The van der Waals surface area contributed by atoms with Crippen LogP contribution in [0.5, 0.6) is 0 Å². The van der Waals surface area contributed by atoms with Crippen molar-refractivity contribution >= 4 is 13.5 Å². The fourth-order valence-electron chi connectivity index (χ4n) is 2.63. The molecule has 1 aliphatic carbocycles. The molecule has 1 heterocycles. The van der Waals surface area contributed by atoms with Crippen molar-refractivity contribution in [3.63, 3.8) is 0 Å². The van der Waals surface area contributed by atoms with Crippen LogP contribution in [0.15, 0.2) is 0 Å². The van der Waals surface area contributed by atoms with Crippen molar-refractivity contribution in [3.8, 4) is 0 Å². The van der Waals surface area contributed by atoms with Crippen LogP contribution in [-0.4, -0.2) is 25.4 Å². The maximum Gasteiger partial charge on any atom is 0.0839 e. The summed E-state index contributed by atoms with van der Waals surface area (Å²) in [5.41, 5.74) is 0. The van der Waals surface area contributed by atoms with Crippen LogP contribution in [0, 0.1) is 11.8 Å². The van der Waals surface area contributed by atoms with E-state index in [0.717, 1.165) is 31.5 Å². The number of hydrogen-bond donors (Lipinski definition) is 0. The molecule has 0 aromatic heterocycles. The molecule has 90 valence electrons. The van der Waals surface area contributed by atoms with Gasteiger partial charge in [-0.15, -0.1) is 0 Å². The second kappa shape index (κ2) is 6.12. The summed E-state index contributed by atoms with van der Waals surface area (Å²) in [6, 6.07) is 0. The Morgan fingerprint density at radius 2 is 1.67 bits per heavy atom. The van der Waals surface area contributed by atoms with E-state index in [9.17, 15) is 0 Å². The highest BCUT2D eigenvalue weighted by Gasteiger charge is 2.33. The molecule has 1 saturated heterocycles. The normalized spacial score (nSPS) is 36.6. The van der Waals surface area contributed by atoms with Crippen molar-refractivity contribution < 1.29 is 9.47 Å². The first-order valence-electron chi connectivity index (χ1n) is 6.00. The van der Waals surface area contributed by atoms with Gasteiger partial charge in [-0.05, 0) is 37.5 Å². The average Bonchev–Trinajstić information content (AvgIpc) is 2.41. The second-order valence-corrected chi connectivity index (χ2v) is 4.99. The van der Waals surface area contributed by atoms with Gasteiger partial charge in [0, 0.05) is 13.2 Å². The van der Waals surface area contributed by atoms with E-state index < -0.39 is 0 Å². The lowest BCUT2D eigenvalue weighted by atomic mass is 9.79. The molecule has 0 bridgehead atoms. The maximum atomic E-state index is 5.86. The molecule has 15 heavy (non-hydrogen) atoms. The zero-order valence-electron chi connectivity index (χ0n) is 9.87. The van der Waals surface area contributed by atoms with Gasteiger partial charge in [0.1, 0.15) is 0 Å². The summed E-state index contributed by atoms with van der Waals surface area (Å²) in [5.74, 6) is 1.64. The van der Waals surface area contributed by atoms with E-state index in [1.807, 2.05) is 0 Å². The van der Waals surface area contributed by atoms with E-state index in [1.165, 1.54) is 19.3 Å². The summed E-state index contributed by atoms with van der Waals surface area (Å²) >= 11 is 0. The second-order valence-electron chi connectivity index (χ2n) is 4.99. The van der Waals surface area contributed by atoms with Crippen molar-refractivity contribution in [2.75, 3.05) is 13.2 Å². The fourth-order valence-corrected chi connectivity index (χ4v) is 2.63. The van der Waals surface area contributed by atoms with Crippen LogP contribution in [0.2, 0.25) is 0 Å². The Bertz CT molecular complexity index is 184. The van der Waals surface area contributed by atoms with Gasteiger partial charge in [0.25, 0.3) is 0 Å². The van der Waals surface area contributed by atoms with Crippen molar-refractivity contribution in [3.05, 3.63) is 0 Å². The summed E-state index contributed by atoms with van der Waals surface area (Å²) in [6.45, 7) is 6.44. The SMILES string of the molecule is CC(C)C1CCC2OCCCOC2C1.S. The third-order valence-corrected chi connectivity index (χ3v) is 3.67. The van der Waals surface area contributed by atoms with Crippen LogP contribution in [-0.2, 0) is 9.47 Å². The molecule has 0 aromatic rings. The van der Waals surface area contributed by atoms with Gasteiger partial charge in [0.05, 0.1) is 12.2 Å². The Kier molecular flexibility index (Phi) is 5.44. The van der Waals surface area contributed by atoms with Gasteiger partial charge >= 0.3 is 0 Å². The highest BCUT2D eigenvalue weighted by Crippen LogP contribution is 2.34. The third-order valence-electron chi connectivity index (χ3n) is 3.67. The highest BCUT2D eigenvalue weighted by molar-refractivity contribution is 7.59. The lowest BCUT2D eigenvalue weighted by Gasteiger charge is -2.36. The standard InChI is InChI=1S/C12H22O2.H2S/c1-9(2)10-4-5-11-12(8-10)14-7-3-6-13-11;/h9-12H,3-8H2,1-2H3;1H2. The minimum Gasteiger partial charge on any atom is -0.375 e. The van der Waals surface area contributed by atoms with Crippen LogP contribution >= 0.6 is 13.5 Å². The van der Waals surface area contributed by atoms with Crippen LogP contribution in [0.1, 0.15) is 39.5 Å².